The third-order valence-electron chi connectivity index (χ3n) is 5.33. The van der Waals surface area contributed by atoms with Gasteiger partial charge in [0.2, 0.25) is 0 Å². The lowest BCUT2D eigenvalue weighted by Gasteiger charge is -2.30. The molecule has 0 spiro atoms. The monoisotopic (exact) mass is 416 g/mol. The molecule has 1 saturated heterocycles. The number of aromatic nitrogens is 1. The normalized spacial score (nSPS) is 21.3. The van der Waals surface area contributed by atoms with E-state index < -0.39 is 5.82 Å². The van der Waals surface area contributed by atoms with Gasteiger partial charge in [-0.2, -0.15) is 0 Å². The van der Waals surface area contributed by atoms with Crippen molar-refractivity contribution in [3.63, 3.8) is 0 Å². The first-order chi connectivity index (χ1) is 14.0. The zero-order valence-corrected chi connectivity index (χ0v) is 16.1. The second-order valence-corrected chi connectivity index (χ2v) is 8.31. The molecule has 0 unspecified atom stereocenters. The van der Waals surface area contributed by atoms with Crippen LogP contribution in [0.5, 0.6) is 0 Å². The summed E-state index contributed by atoms with van der Waals surface area (Å²) in [5.74, 6) is -1.18. The predicted molar refractivity (Wildman–Crippen MR) is 107 cm³/mol. The van der Waals surface area contributed by atoms with E-state index in [9.17, 15) is 9.18 Å². The van der Waals surface area contributed by atoms with Gasteiger partial charge in [-0.3, -0.25) is 4.79 Å². The predicted octanol–water partition coefficient (Wildman–Crippen LogP) is 3.01. The molecule has 1 aromatic carbocycles. The van der Waals surface area contributed by atoms with Crippen molar-refractivity contribution in [2.45, 2.75) is 25.0 Å². The highest BCUT2D eigenvalue weighted by molar-refractivity contribution is 7.22. The van der Waals surface area contributed by atoms with Crippen LogP contribution in [-0.4, -0.2) is 36.2 Å². The molecular formula is C20H18F2N4O2S. The van der Waals surface area contributed by atoms with Gasteiger partial charge in [0.05, 0.1) is 22.7 Å². The molecule has 0 aliphatic carbocycles. The fourth-order valence-corrected chi connectivity index (χ4v) is 4.87. The molecule has 2 aliphatic heterocycles. The molecule has 1 amide bonds. The number of fused-ring (bicyclic) bond motifs is 2. The van der Waals surface area contributed by atoms with E-state index in [4.69, 9.17) is 10.5 Å². The number of anilines is 1. The van der Waals surface area contributed by atoms with Crippen molar-refractivity contribution in [3.05, 3.63) is 47.0 Å². The smallest absolute Gasteiger partial charge is 0.254 e. The Labute approximate surface area is 169 Å². The first-order valence-corrected chi connectivity index (χ1v) is 10.1. The molecule has 4 N–H and O–H groups in total. The zero-order chi connectivity index (χ0) is 20.1. The van der Waals surface area contributed by atoms with Gasteiger partial charge in [-0.15, -0.1) is 11.3 Å². The lowest BCUT2D eigenvalue weighted by atomic mass is 10.0. The van der Waals surface area contributed by atoms with Crippen LogP contribution in [0.2, 0.25) is 0 Å². The fraction of sp³-hybridized carbons (Fsp3) is 0.300. The van der Waals surface area contributed by atoms with E-state index in [1.807, 2.05) is 6.07 Å². The lowest BCUT2D eigenvalue weighted by molar-refractivity contribution is 0.0751. The van der Waals surface area contributed by atoms with Crippen LogP contribution in [-0.2, 0) is 11.3 Å². The van der Waals surface area contributed by atoms with Gasteiger partial charge < -0.3 is 21.1 Å². The van der Waals surface area contributed by atoms with Gasteiger partial charge in [-0.25, -0.2) is 13.8 Å². The number of carbonyl (C=O) groups excluding carboxylic acids is 1. The van der Waals surface area contributed by atoms with Crippen LogP contribution in [0.4, 0.5) is 14.6 Å². The molecule has 2 aliphatic rings. The molecule has 0 saturated carbocycles. The van der Waals surface area contributed by atoms with Crippen LogP contribution in [0.1, 0.15) is 22.3 Å². The van der Waals surface area contributed by atoms with Crippen LogP contribution in [0.3, 0.4) is 0 Å². The molecule has 4 heterocycles. The number of halogens is 2. The first-order valence-electron chi connectivity index (χ1n) is 9.31. The summed E-state index contributed by atoms with van der Waals surface area (Å²) in [5.41, 5.74) is 7.00. The maximum Gasteiger partial charge on any atom is 0.254 e. The number of carbonyl (C=O) groups is 1. The Balaban J connectivity index is 1.63. The Morgan fingerprint density at radius 1 is 1.31 bits per heavy atom. The summed E-state index contributed by atoms with van der Waals surface area (Å²) in [7, 11) is 0. The molecule has 6 nitrogen and oxygen atoms in total. The first kappa shape index (κ1) is 18.4. The minimum Gasteiger partial charge on any atom is -0.380 e. The van der Waals surface area contributed by atoms with E-state index in [1.54, 1.807) is 6.07 Å². The van der Waals surface area contributed by atoms with Gasteiger partial charge in [-0.1, -0.05) is 6.07 Å². The van der Waals surface area contributed by atoms with Crippen molar-refractivity contribution in [1.29, 1.82) is 0 Å². The molecule has 29 heavy (non-hydrogen) atoms. The largest absolute Gasteiger partial charge is 0.380 e. The number of benzene rings is 1. The molecule has 5 rings (SSSR count). The summed E-state index contributed by atoms with van der Waals surface area (Å²) < 4.78 is 34.8. The Hall–Kier alpha value is -2.62. The Bertz CT molecular complexity index is 1130. The molecule has 2 aromatic heterocycles. The summed E-state index contributed by atoms with van der Waals surface area (Å²) in [4.78, 5) is 17.6. The topological polar surface area (TPSA) is 89.3 Å². The van der Waals surface area contributed by atoms with E-state index >= 15 is 4.39 Å². The Kier molecular flexibility index (Phi) is 4.45. The van der Waals surface area contributed by atoms with E-state index in [0.29, 0.717) is 30.2 Å². The van der Waals surface area contributed by atoms with Gasteiger partial charge in [0.1, 0.15) is 5.82 Å². The van der Waals surface area contributed by atoms with Crippen molar-refractivity contribution in [2.75, 3.05) is 18.5 Å². The maximum atomic E-state index is 15.1. The van der Waals surface area contributed by atoms with Crippen molar-refractivity contribution >= 4 is 33.1 Å². The second-order valence-electron chi connectivity index (χ2n) is 7.23. The van der Waals surface area contributed by atoms with E-state index in [1.165, 1.54) is 23.5 Å². The van der Waals surface area contributed by atoms with Crippen LogP contribution in [0.15, 0.2) is 24.3 Å². The fourth-order valence-electron chi connectivity index (χ4n) is 3.79. The van der Waals surface area contributed by atoms with Crippen molar-refractivity contribution in [1.82, 2.24) is 10.3 Å². The maximum absolute atomic E-state index is 15.1. The summed E-state index contributed by atoms with van der Waals surface area (Å²) >= 11 is 1.32. The van der Waals surface area contributed by atoms with Gasteiger partial charge in [0.25, 0.3) is 5.91 Å². The van der Waals surface area contributed by atoms with E-state index in [0.717, 1.165) is 10.1 Å². The second kappa shape index (κ2) is 7.01. The molecule has 2 atom stereocenters. The molecule has 3 aromatic rings. The summed E-state index contributed by atoms with van der Waals surface area (Å²) in [5, 5.41) is 6.62. The number of rotatable bonds is 3. The minimum atomic E-state index is -0.548. The molecule has 0 radical (unpaired) electrons. The summed E-state index contributed by atoms with van der Waals surface area (Å²) in [6.07, 6.45) is 0.633. The SMILES string of the molecule is N[C@H]1COCC[C@H]1Nc1nc(-c2cc3ccc(F)cc3s2)c2c(c1F)CNC2=O. The van der Waals surface area contributed by atoms with Gasteiger partial charge in [-0.05, 0) is 30.0 Å². The lowest BCUT2D eigenvalue weighted by Crippen LogP contribution is -2.48. The molecule has 9 heteroatoms. The summed E-state index contributed by atoms with van der Waals surface area (Å²) in [6.45, 7) is 1.02. The molecular weight excluding hydrogens is 398 g/mol. The number of nitrogens with one attached hydrogen (secondary N) is 2. The Morgan fingerprint density at radius 3 is 3.00 bits per heavy atom. The van der Waals surface area contributed by atoms with E-state index in [-0.39, 0.29) is 47.3 Å². The summed E-state index contributed by atoms with van der Waals surface area (Å²) in [6, 6.07) is 5.87. The van der Waals surface area contributed by atoms with Gasteiger partial charge >= 0.3 is 0 Å². The number of thiophene rings is 1. The van der Waals surface area contributed by atoms with Crippen molar-refractivity contribution < 1.29 is 18.3 Å². The molecule has 150 valence electrons. The van der Waals surface area contributed by atoms with Crippen LogP contribution >= 0.6 is 11.3 Å². The van der Waals surface area contributed by atoms with Crippen LogP contribution in [0, 0.1) is 11.6 Å². The van der Waals surface area contributed by atoms with Crippen LogP contribution in [0.25, 0.3) is 20.7 Å². The number of nitrogens with two attached hydrogens (primary N) is 1. The Morgan fingerprint density at radius 2 is 2.17 bits per heavy atom. The third kappa shape index (κ3) is 3.15. The number of hydrogen-bond donors (Lipinski definition) is 3. The third-order valence-corrected chi connectivity index (χ3v) is 6.43. The number of amides is 1. The highest BCUT2D eigenvalue weighted by Gasteiger charge is 2.32. The molecule has 0 bridgehead atoms. The quantitative estimate of drug-likeness (QED) is 0.611. The van der Waals surface area contributed by atoms with Crippen molar-refractivity contribution in [2.24, 2.45) is 5.73 Å². The average molecular weight is 416 g/mol. The van der Waals surface area contributed by atoms with Gasteiger partial charge in [0.15, 0.2) is 11.6 Å². The standard InChI is InChI=1S/C20H18F2N4O2S/c21-10-2-1-9-5-15(29-14(9)6-10)18-16-11(7-24-20(16)27)17(22)19(26-18)25-13-3-4-28-8-12(13)23/h1-2,5-6,12-13H,3-4,7-8,23H2,(H,24,27)(H,25,26)/t12-,13+/m0/s1. The zero-order valence-electron chi connectivity index (χ0n) is 15.3. The van der Waals surface area contributed by atoms with Crippen molar-refractivity contribution in [3.8, 4) is 10.6 Å². The molecule has 1 fully saturated rings. The van der Waals surface area contributed by atoms with Crippen LogP contribution < -0.4 is 16.4 Å². The number of ether oxygens (including phenoxy) is 1. The number of hydrogen-bond acceptors (Lipinski definition) is 6. The average Bonchev–Trinajstić information content (AvgIpc) is 3.29. The number of nitrogens with zero attached hydrogens (tertiary/aromatic N) is 1. The van der Waals surface area contributed by atoms with E-state index in [2.05, 4.69) is 15.6 Å². The minimum absolute atomic E-state index is 0.0706. The van der Waals surface area contributed by atoms with Gasteiger partial charge in [0, 0.05) is 35.5 Å². The highest BCUT2D eigenvalue weighted by atomic mass is 32.1. The number of pyridine rings is 1. The highest BCUT2D eigenvalue weighted by Crippen LogP contribution is 2.39.